The predicted octanol–water partition coefficient (Wildman–Crippen LogP) is 3.35. The van der Waals surface area contributed by atoms with Crippen molar-refractivity contribution in [2.24, 2.45) is 0 Å². The maximum absolute atomic E-state index is 12.9. The molecule has 1 aliphatic heterocycles. The Labute approximate surface area is 205 Å². The molecule has 0 saturated heterocycles. The van der Waals surface area contributed by atoms with E-state index in [1.165, 1.54) is 11.1 Å². The minimum Gasteiger partial charge on any atom is -0.349 e. The molecule has 1 amide bonds. The van der Waals surface area contributed by atoms with E-state index >= 15 is 0 Å². The molecule has 5 rings (SSSR count). The molecule has 35 heavy (non-hydrogen) atoms. The summed E-state index contributed by atoms with van der Waals surface area (Å²) in [4.78, 5) is 26.8. The molecule has 2 aromatic heterocycles. The standard InChI is InChI=1S/C26H32N8O/c1-26(2,27-3)21-5-4-6-22(32-21)33-23-20(24(35)30-18-9-10-18)15-29-25(34-23)31-19-8-7-16-11-12-28-14-17(16)13-19/h4-8,13,15,18,27-28H,9-12,14H2,1-3H3,(H,30,35)(H2,29,31,32,33,34). The normalized spacial score (nSPS) is 15.3. The van der Waals surface area contributed by atoms with Crippen molar-refractivity contribution in [3.05, 3.63) is 65.0 Å². The number of anilines is 4. The smallest absolute Gasteiger partial charge is 0.256 e. The molecule has 1 aliphatic carbocycles. The van der Waals surface area contributed by atoms with E-state index in [1.54, 1.807) is 6.20 Å². The fourth-order valence-corrected chi connectivity index (χ4v) is 3.98. The van der Waals surface area contributed by atoms with Crippen LogP contribution in [-0.4, -0.2) is 40.5 Å². The van der Waals surface area contributed by atoms with E-state index in [2.05, 4.69) is 62.5 Å². The Hall–Kier alpha value is -3.56. The Balaban J connectivity index is 1.44. The lowest BCUT2D eigenvalue weighted by atomic mass is 10.0. The molecule has 0 spiro atoms. The van der Waals surface area contributed by atoms with Crippen molar-refractivity contribution in [3.63, 3.8) is 0 Å². The fourth-order valence-electron chi connectivity index (χ4n) is 3.98. The third-order valence-electron chi connectivity index (χ3n) is 6.56. The Morgan fingerprint density at radius 3 is 2.74 bits per heavy atom. The van der Waals surface area contributed by atoms with Crippen molar-refractivity contribution >= 4 is 29.2 Å². The molecule has 0 unspecified atom stereocenters. The van der Waals surface area contributed by atoms with Crippen molar-refractivity contribution in [3.8, 4) is 0 Å². The quantitative estimate of drug-likeness (QED) is 0.339. The summed E-state index contributed by atoms with van der Waals surface area (Å²) in [6.45, 7) is 5.98. The van der Waals surface area contributed by atoms with E-state index in [0.717, 1.165) is 43.7 Å². The lowest BCUT2D eigenvalue weighted by molar-refractivity contribution is 0.0951. The van der Waals surface area contributed by atoms with E-state index in [9.17, 15) is 4.79 Å². The lowest BCUT2D eigenvalue weighted by Gasteiger charge is -2.24. The van der Waals surface area contributed by atoms with Gasteiger partial charge in [0, 0.05) is 24.5 Å². The summed E-state index contributed by atoms with van der Waals surface area (Å²) < 4.78 is 0. The topological polar surface area (TPSA) is 116 Å². The zero-order valence-corrected chi connectivity index (χ0v) is 20.4. The Kier molecular flexibility index (Phi) is 6.36. The minimum absolute atomic E-state index is 0.187. The van der Waals surface area contributed by atoms with E-state index in [0.29, 0.717) is 23.1 Å². The molecule has 5 N–H and O–H groups in total. The first kappa shape index (κ1) is 23.2. The first-order valence-corrected chi connectivity index (χ1v) is 12.1. The summed E-state index contributed by atoms with van der Waals surface area (Å²) in [5, 5.41) is 16.3. The van der Waals surface area contributed by atoms with Gasteiger partial charge in [0.15, 0.2) is 0 Å². The van der Waals surface area contributed by atoms with Crippen molar-refractivity contribution in [1.29, 1.82) is 0 Å². The molecule has 9 heteroatoms. The van der Waals surface area contributed by atoms with E-state index in [1.807, 2.05) is 31.3 Å². The number of nitrogens with one attached hydrogen (secondary N) is 5. The van der Waals surface area contributed by atoms with Gasteiger partial charge in [-0.2, -0.15) is 4.98 Å². The average Bonchev–Trinajstić information content (AvgIpc) is 3.68. The van der Waals surface area contributed by atoms with Crippen molar-refractivity contribution in [2.45, 2.75) is 51.2 Å². The molecule has 3 heterocycles. The highest BCUT2D eigenvalue weighted by Gasteiger charge is 2.26. The van der Waals surface area contributed by atoms with Gasteiger partial charge in [-0.15, -0.1) is 0 Å². The number of hydrogen-bond donors (Lipinski definition) is 5. The van der Waals surface area contributed by atoms with Gasteiger partial charge in [-0.1, -0.05) is 12.1 Å². The van der Waals surface area contributed by atoms with Gasteiger partial charge in [0.2, 0.25) is 5.95 Å². The van der Waals surface area contributed by atoms with Crippen LogP contribution in [-0.2, 0) is 18.5 Å². The van der Waals surface area contributed by atoms with Crippen LogP contribution in [0.3, 0.4) is 0 Å². The van der Waals surface area contributed by atoms with Crippen molar-refractivity contribution in [2.75, 3.05) is 24.2 Å². The van der Waals surface area contributed by atoms with Crippen molar-refractivity contribution < 1.29 is 4.79 Å². The molecule has 0 atom stereocenters. The number of carbonyl (C=O) groups excluding carboxylic acids is 1. The Morgan fingerprint density at radius 2 is 1.94 bits per heavy atom. The van der Waals surface area contributed by atoms with Crippen LogP contribution in [0.15, 0.2) is 42.6 Å². The first-order valence-electron chi connectivity index (χ1n) is 12.1. The van der Waals surface area contributed by atoms with Gasteiger partial charge in [0.05, 0.1) is 11.2 Å². The third kappa shape index (κ3) is 5.41. The number of fused-ring (bicyclic) bond motifs is 1. The zero-order valence-electron chi connectivity index (χ0n) is 20.4. The second-order valence-corrected chi connectivity index (χ2v) is 9.65. The largest absolute Gasteiger partial charge is 0.349 e. The van der Waals surface area contributed by atoms with Crippen LogP contribution in [0.2, 0.25) is 0 Å². The lowest BCUT2D eigenvalue weighted by Crippen LogP contribution is -2.34. The summed E-state index contributed by atoms with van der Waals surface area (Å²) in [6.07, 6.45) is 4.61. The van der Waals surface area contributed by atoms with Gasteiger partial charge in [-0.3, -0.25) is 4.79 Å². The molecule has 0 radical (unpaired) electrons. The zero-order chi connectivity index (χ0) is 24.4. The molecule has 1 saturated carbocycles. The van der Waals surface area contributed by atoms with Gasteiger partial charge >= 0.3 is 0 Å². The van der Waals surface area contributed by atoms with Crippen LogP contribution in [0, 0.1) is 0 Å². The average molecular weight is 473 g/mol. The number of carbonyl (C=O) groups is 1. The number of benzene rings is 1. The van der Waals surface area contributed by atoms with E-state index in [-0.39, 0.29) is 17.5 Å². The monoisotopic (exact) mass is 472 g/mol. The van der Waals surface area contributed by atoms with Gasteiger partial charge in [0.1, 0.15) is 17.2 Å². The molecule has 1 fully saturated rings. The number of pyridine rings is 1. The van der Waals surface area contributed by atoms with Crippen LogP contribution in [0.25, 0.3) is 0 Å². The first-order chi connectivity index (χ1) is 16.9. The Morgan fingerprint density at radius 1 is 1.09 bits per heavy atom. The summed E-state index contributed by atoms with van der Waals surface area (Å²) in [5.41, 5.74) is 4.50. The molecular formula is C26H32N8O. The second kappa shape index (κ2) is 9.59. The maximum Gasteiger partial charge on any atom is 0.256 e. The number of amides is 1. The minimum atomic E-state index is -0.302. The highest BCUT2D eigenvalue weighted by molar-refractivity contribution is 5.99. The number of aromatic nitrogens is 3. The maximum atomic E-state index is 12.9. The van der Waals surface area contributed by atoms with Crippen LogP contribution in [0.4, 0.5) is 23.3 Å². The van der Waals surface area contributed by atoms with Crippen LogP contribution in [0.5, 0.6) is 0 Å². The molecule has 3 aromatic rings. The van der Waals surface area contributed by atoms with E-state index < -0.39 is 0 Å². The number of nitrogens with zero attached hydrogens (tertiary/aromatic N) is 3. The summed E-state index contributed by atoms with van der Waals surface area (Å²) >= 11 is 0. The van der Waals surface area contributed by atoms with Crippen molar-refractivity contribution in [1.82, 2.24) is 30.9 Å². The molecule has 1 aromatic carbocycles. The molecular weight excluding hydrogens is 440 g/mol. The SMILES string of the molecule is CNC(C)(C)c1cccc(Nc2nc(Nc3ccc4c(c3)CNCC4)ncc2C(=O)NC2CC2)n1. The predicted molar refractivity (Wildman–Crippen MR) is 137 cm³/mol. The molecule has 2 aliphatic rings. The third-order valence-corrected chi connectivity index (χ3v) is 6.56. The fraction of sp³-hybridized carbons (Fsp3) is 0.385. The highest BCUT2D eigenvalue weighted by atomic mass is 16.1. The van der Waals surface area contributed by atoms with Gasteiger partial charge in [-0.05, 0) is 82.1 Å². The Bertz CT molecular complexity index is 1240. The summed E-state index contributed by atoms with van der Waals surface area (Å²) in [5.74, 6) is 1.24. The van der Waals surface area contributed by atoms with Gasteiger partial charge in [-0.25, -0.2) is 9.97 Å². The summed E-state index contributed by atoms with van der Waals surface area (Å²) in [7, 11) is 1.90. The molecule has 182 valence electrons. The van der Waals surface area contributed by atoms with E-state index in [4.69, 9.17) is 4.98 Å². The van der Waals surface area contributed by atoms with Crippen LogP contribution in [0.1, 0.15) is 53.9 Å². The molecule has 0 bridgehead atoms. The number of hydrogen-bond acceptors (Lipinski definition) is 8. The van der Waals surface area contributed by atoms with Crippen LogP contribution >= 0.6 is 0 Å². The van der Waals surface area contributed by atoms with Gasteiger partial charge in [0.25, 0.3) is 5.91 Å². The number of rotatable bonds is 8. The van der Waals surface area contributed by atoms with Gasteiger partial charge < -0.3 is 26.6 Å². The highest BCUT2D eigenvalue weighted by Crippen LogP contribution is 2.26. The van der Waals surface area contributed by atoms with Crippen LogP contribution < -0.4 is 26.6 Å². The molecule has 9 nitrogen and oxygen atoms in total. The summed E-state index contributed by atoms with van der Waals surface area (Å²) in [6, 6.07) is 12.3. The second-order valence-electron chi connectivity index (χ2n) is 9.65.